The third-order valence-electron chi connectivity index (χ3n) is 3.58. The van der Waals surface area contributed by atoms with Gasteiger partial charge < -0.3 is 5.32 Å². The molecule has 0 aromatic heterocycles. The molecule has 2 amide bonds. The fourth-order valence-corrected chi connectivity index (χ4v) is 3.02. The number of hydrogen-bond acceptors (Lipinski definition) is 3. The molecule has 0 bridgehead atoms. The third kappa shape index (κ3) is 3.67. The maximum absolute atomic E-state index is 12.5. The predicted octanol–water partition coefficient (Wildman–Crippen LogP) is 2.12. The highest BCUT2D eigenvalue weighted by Gasteiger charge is 2.28. The number of benzene rings is 1. The Labute approximate surface area is 127 Å². The SMILES string of the molecule is CC(=O)N(C(=O)Cc1ccccc1Br)C1CCNCC1. The summed E-state index contributed by atoms with van der Waals surface area (Å²) in [6.45, 7) is 3.19. The molecule has 1 N–H and O–H groups in total. The maximum Gasteiger partial charge on any atom is 0.233 e. The van der Waals surface area contributed by atoms with Crippen molar-refractivity contribution in [2.75, 3.05) is 13.1 Å². The molecular formula is C15H19BrN2O2. The lowest BCUT2D eigenvalue weighted by Crippen LogP contribution is -2.48. The molecule has 2 rings (SSSR count). The first-order valence-corrected chi connectivity index (χ1v) is 7.65. The van der Waals surface area contributed by atoms with Crippen molar-refractivity contribution in [1.29, 1.82) is 0 Å². The first-order chi connectivity index (χ1) is 9.59. The average molecular weight is 339 g/mol. The second-order valence-corrected chi connectivity index (χ2v) is 5.89. The number of carbonyl (C=O) groups is 2. The van der Waals surface area contributed by atoms with Crippen molar-refractivity contribution < 1.29 is 9.59 Å². The van der Waals surface area contributed by atoms with Crippen molar-refractivity contribution in [3.8, 4) is 0 Å². The van der Waals surface area contributed by atoms with Gasteiger partial charge in [0, 0.05) is 17.4 Å². The Morgan fingerprint density at radius 1 is 1.30 bits per heavy atom. The van der Waals surface area contributed by atoms with Crippen LogP contribution >= 0.6 is 15.9 Å². The monoisotopic (exact) mass is 338 g/mol. The number of nitrogens with zero attached hydrogens (tertiary/aromatic N) is 1. The van der Waals surface area contributed by atoms with E-state index in [0.717, 1.165) is 36.0 Å². The summed E-state index contributed by atoms with van der Waals surface area (Å²) in [6.07, 6.45) is 1.92. The molecule has 0 saturated carbocycles. The van der Waals surface area contributed by atoms with Crippen molar-refractivity contribution in [3.05, 3.63) is 34.3 Å². The quantitative estimate of drug-likeness (QED) is 0.918. The summed E-state index contributed by atoms with van der Waals surface area (Å²) in [6, 6.07) is 7.65. The standard InChI is InChI=1S/C15H19BrN2O2/c1-11(19)18(13-6-8-17-9-7-13)15(20)10-12-4-2-3-5-14(12)16/h2-5,13,17H,6-10H2,1H3. The second kappa shape index (κ2) is 6.99. The van der Waals surface area contributed by atoms with E-state index in [1.807, 2.05) is 24.3 Å². The predicted molar refractivity (Wildman–Crippen MR) is 81.3 cm³/mol. The average Bonchev–Trinajstić information content (AvgIpc) is 2.42. The molecule has 1 fully saturated rings. The number of hydrogen-bond donors (Lipinski definition) is 1. The van der Waals surface area contributed by atoms with Crippen LogP contribution in [0.25, 0.3) is 0 Å². The molecule has 1 aliphatic heterocycles. The molecule has 108 valence electrons. The first kappa shape index (κ1) is 15.2. The Balaban J connectivity index is 2.11. The van der Waals surface area contributed by atoms with Crippen molar-refractivity contribution in [2.45, 2.75) is 32.2 Å². The highest BCUT2D eigenvalue weighted by Crippen LogP contribution is 2.19. The van der Waals surface area contributed by atoms with E-state index in [4.69, 9.17) is 0 Å². The molecule has 0 spiro atoms. The summed E-state index contributed by atoms with van der Waals surface area (Å²) in [5.74, 6) is -0.273. The minimum atomic E-state index is -0.158. The second-order valence-electron chi connectivity index (χ2n) is 5.03. The van der Waals surface area contributed by atoms with E-state index < -0.39 is 0 Å². The van der Waals surface area contributed by atoms with Crippen molar-refractivity contribution in [1.82, 2.24) is 10.2 Å². The van der Waals surface area contributed by atoms with E-state index in [9.17, 15) is 9.59 Å². The number of piperidine rings is 1. The summed E-state index contributed by atoms with van der Waals surface area (Å²) >= 11 is 3.44. The fraction of sp³-hybridized carbons (Fsp3) is 0.467. The van der Waals surface area contributed by atoms with Crippen LogP contribution in [0.1, 0.15) is 25.3 Å². The van der Waals surface area contributed by atoms with E-state index in [2.05, 4.69) is 21.2 Å². The summed E-state index contributed by atoms with van der Waals surface area (Å²) in [7, 11) is 0. The van der Waals surface area contributed by atoms with Crippen LogP contribution in [0, 0.1) is 0 Å². The van der Waals surface area contributed by atoms with Gasteiger partial charge in [0.05, 0.1) is 6.42 Å². The Kier molecular flexibility index (Phi) is 5.31. The third-order valence-corrected chi connectivity index (χ3v) is 4.35. The summed E-state index contributed by atoms with van der Waals surface area (Å²) in [4.78, 5) is 25.7. The van der Waals surface area contributed by atoms with Crippen LogP contribution in [0.2, 0.25) is 0 Å². The molecule has 1 aliphatic rings. The van der Waals surface area contributed by atoms with E-state index in [1.165, 1.54) is 11.8 Å². The van der Waals surface area contributed by atoms with E-state index in [0.29, 0.717) is 0 Å². The van der Waals surface area contributed by atoms with Gasteiger partial charge in [-0.3, -0.25) is 14.5 Å². The van der Waals surface area contributed by atoms with Gasteiger partial charge in [-0.25, -0.2) is 0 Å². The normalized spacial score (nSPS) is 15.9. The zero-order valence-electron chi connectivity index (χ0n) is 11.6. The van der Waals surface area contributed by atoms with Gasteiger partial charge in [0.2, 0.25) is 11.8 Å². The topological polar surface area (TPSA) is 49.4 Å². The highest BCUT2D eigenvalue weighted by molar-refractivity contribution is 9.10. The molecule has 0 radical (unpaired) electrons. The molecule has 20 heavy (non-hydrogen) atoms. The molecule has 0 aliphatic carbocycles. The minimum Gasteiger partial charge on any atom is -0.317 e. The van der Waals surface area contributed by atoms with Gasteiger partial charge in [0.1, 0.15) is 0 Å². The van der Waals surface area contributed by atoms with Crippen molar-refractivity contribution in [2.24, 2.45) is 0 Å². The summed E-state index contributed by atoms with van der Waals surface area (Å²) < 4.78 is 0.905. The number of imide groups is 1. The van der Waals surface area contributed by atoms with Crippen LogP contribution in [-0.4, -0.2) is 35.8 Å². The van der Waals surface area contributed by atoms with Gasteiger partial charge >= 0.3 is 0 Å². The van der Waals surface area contributed by atoms with E-state index >= 15 is 0 Å². The largest absolute Gasteiger partial charge is 0.317 e. The molecule has 1 saturated heterocycles. The lowest BCUT2D eigenvalue weighted by molar-refractivity contribution is -0.146. The molecule has 5 heteroatoms. The lowest BCUT2D eigenvalue weighted by Gasteiger charge is -2.32. The molecular weight excluding hydrogens is 320 g/mol. The molecule has 0 unspecified atom stereocenters. The van der Waals surface area contributed by atoms with Gasteiger partial charge in [-0.1, -0.05) is 34.1 Å². The van der Waals surface area contributed by atoms with Crippen molar-refractivity contribution >= 4 is 27.7 Å². The van der Waals surface area contributed by atoms with Crippen LogP contribution in [-0.2, 0) is 16.0 Å². The van der Waals surface area contributed by atoms with Crippen LogP contribution in [0.4, 0.5) is 0 Å². The van der Waals surface area contributed by atoms with Gasteiger partial charge in [0.15, 0.2) is 0 Å². The zero-order valence-corrected chi connectivity index (χ0v) is 13.1. The minimum absolute atomic E-state index is 0.0312. The van der Waals surface area contributed by atoms with Crippen LogP contribution < -0.4 is 5.32 Å². The van der Waals surface area contributed by atoms with Crippen LogP contribution in [0.3, 0.4) is 0 Å². The Morgan fingerprint density at radius 3 is 2.55 bits per heavy atom. The van der Waals surface area contributed by atoms with E-state index in [-0.39, 0.29) is 24.3 Å². The fourth-order valence-electron chi connectivity index (χ4n) is 2.59. The van der Waals surface area contributed by atoms with Crippen LogP contribution in [0.15, 0.2) is 28.7 Å². The number of carbonyl (C=O) groups excluding carboxylic acids is 2. The first-order valence-electron chi connectivity index (χ1n) is 6.86. The van der Waals surface area contributed by atoms with Gasteiger partial charge in [-0.05, 0) is 37.6 Å². The smallest absolute Gasteiger partial charge is 0.233 e. The number of rotatable bonds is 3. The van der Waals surface area contributed by atoms with Crippen molar-refractivity contribution in [3.63, 3.8) is 0 Å². The number of halogens is 1. The van der Waals surface area contributed by atoms with E-state index in [1.54, 1.807) is 0 Å². The molecule has 1 heterocycles. The highest BCUT2D eigenvalue weighted by atomic mass is 79.9. The Hall–Kier alpha value is -1.20. The zero-order chi connectivity index (χ0) is 14.5. The number of nitrogens with one attached hydrogen (secondary N) is 1. The molecule has 1 aromatic carbocycles. The molecule has 0 atom stereocenters. The summed E-state index contributed by atoms with van der Waals surface area (Å²) in [5, 5.41) is 3.25. The van der Waals surface area contributed by atoms with Gasteiger partial charge in [0.25, 0.3) is 0 Å². The van der Waals surface area contributed by atoms with Gasteiger partial charge in [-0.15, -0.1) is 0 Å². The number of amides is 2. The Morgan fingerprint density at radius 2 is 1.95 bits per heavy atom. The maximum atomic E-state index is 12.5. The van der Waals surface area contributed by atoms with Crippen LogP contribution in [0.5, 0.6) is 0 Å². The molecule has 1 aromatic rings. The van der Waals surface area contributed by atoms with Gasteiger partial charge in [-0.2, -0.15) is 0 Å². The lowest BCUT2D eigenvalue weighted by atomic mass is 10.0. The Bertz CT molecular complexity index is 498. The summed E-state index contributed by atoms with van der Waals surface area (Å²) in [5.41, 5.74) is 0.915. The molecule has 4 nitrogen and oxygen atoms in total.